The van der Waals surface area contributed by atoms with Gasteiger partial charge in [-0.1, -0.05) is 32.4 Å². The van der Waals surface area contributed by atoms with Crippen LogP contribution in [-0.2, 0) is 33.9 Å². The smallest absolute Gasteiger partial charge is 0.427 e. The Morgan fingerprint density at radius 3 is 2.49 bits per heavy atom. The maximum absolute atomic E-state index is 15.2. The molecular formula is C45H56F3N5O9S. The first-order valence-corrected chi connectivity index (χ1v) is 23.1. The number of carbonyl (C=O) groups excluding carboxylic acids is 4. The van der Waals surface area contributed by atoms with Gasteiger partial charge in [0.2, 0.25) is 27.4 Å². The van der Waals surface area contributed by atoms with Gasteiger partial charge in [0.05, 0.1) is 47.7 Å². The molecule has 2 saturated carbocycles. The number of fused-ring (bicyclic) bond motifs is 3. The molecule has 14 nitrogen and oxygen atoms in total. The summed E-state index contributed by atoms with van der Waals surface area (Å²) in [5.41, 5.74) is -3.72. The van der Waals surface area contributed by atoms with Crippen molar-refractivity contribution in [1.29, 1.82) is 0 Å². The quantitative estimate of drug-likeness (QED) is 0.154. The third kappa shape index (κ3) is 9.46. The van der Waals surface area contributed by atoms with E-state index in [9.17, 15) is 36.0 Å². The maximum atomic E-state index is 15.2. The molecule has 0 spiro atoms. The number of carbonyl (C=O) groups is 4. The lowest BCUT2D eigenvalue weighted by molar-refractivity contribution is -0.257. The predicted octanol–water partition coefficient (Wildman–Crippen LogP) is 7.03. The van der Waals surface area contributed by atoms with Crippen LogP contribution in [0, 0.1) is 29.1 Å². The van der Waals surface area contributed by atoms with E-state index < -0.39 is 91.8 Å². The minimum atomic E-state index is -4.88. The van der Waals surface area contributed by atoms with E-state index in [2.05, 4.69) is 9.82 Å². The van der Waals surface area contributed by atoms with Gasteiger partial charge in [-0.3, -0.25) is 23.9 Å². The van der Waals surface area contributed by atoms with Gasteiger partial charge in [0.1, 0.15) is 17.6 Å². The van der Waals surface area contributed by atoms with Gasteiger partial charge in [-0.15, -0.1) is 0 Å². The number of allylic oxidation sites excluding steroid dienone is 2. The van der Waals surface area contributed by atoms with E-state index in [0.717, 1.165) is 13.8 Å². The average Bonchev–Trinajstić information content (AvgIpc) is 3.97. The zero-order valence-electron chi connectivity index (χ0n) is 36.4. The van der Waals surface area contributed by atoms with Gasteiger partial charge in [0, 0.05) is 42.8 Å². The summed E-state index contributed by atoms with van der Waals surface area (Å²) in [5, 5.41) is 4.91. The molecule has 3 aromatic rings. The molecule has 0 unspecified atom stereocenters. The molecule has 1 saturated heterocycles. The third-order valence-corrected chi connectivity index (χ3v) is 15.7. The monoisotopic (exact) mass is 899 g/mol. The van der Waals surface area contributed by atoms with E-state index in [0.29, 0.717) is 66.7 Å². The second kappa shape index (κ2) is 17.2. The van der Waals surface area contributed by atoms with Gasteiger partial charge in [0.15, 0.2) is 11.6 Å². The van der Waals surface area contributed by atoms with E-state index in [-0.39, 0.29) is 31.7 Å². The number of aromatic nitrogens is 3. The highest BCUT2D eigenvalue weighted by molar-refractivity contribution is 7.91. The molecule has 4 aliphatic rings. The highest BCUT2D eigenvalue weighted by Crippen LogP contribution is 2.58. The molecule has 0 bridgehead atoms. The number of nitrogens with zero attached hydrogens (tertiary/aromatic N) is 4. The summed E-state index contributed by atoms with van der Waals surface area (Å²) in [7, 11) is -2.53. The van der Waals surface area contributed by atoms with Gasteiger partial charge >= 0.3 is 12.1 Å². The summed E-state index contributed by atoms with van der Waals surface area (Å²) >= 11 is 0. The van der Waals surface area contributed by atoms with Crippen LogP contribution >= 0.6 is 0 Å². The van der Waals surface area contributed by atoms with Crippen LogP contribution in [0.5, 0.6) is 11.5 Å². The molecule has 2 amide bonds. The summed E-state index contributed by atoms with van der Waals surface area (Å²) in [5.74, 6) is -3.88. The van der Waals surface area contributed by atoms with Gasteiger partial charge in [-0.25, -0.2) is 18.1 Å². The van der Waals surface area contributed by atoms with Crippen LogP contribution in [0.3, 0.4) is 0 Å². The SMILES string of the molecule is CC[C@@H]1C[C@H](C)CC/C=C\[C@@H]2C[C@@]2(C(=O)NS(=O)(=O)C2(C)CC2)CC(=O)[C@@H]2C[C@@H](Oc3cc(-n4cccn4)nc4cc(OC)ccc34)CN2C(=O)[C@H]1CC(=O)OC(C)(C)C(F)(F)F. The second-order valence-electron chi connectivity index (χ2n) is 18.6. The largest absolute Gasteiger partial charge is 0.497 e. The molecule has 63 heavy (non-hydrogen) atoms. The number of benzene rings is 1. The van der Waals surface area contributed by atoms with Crippen LogP contribution in [0.2, 0.25) is 0 Å². The number of rotatable bonds is 11. The number of nitrogens with one attached hydrogen (secondary N) is 1. The van der Waals surface area contributed by atoms with Crippen molar-refractivity contribution in [3.05, 3.63) is 54.9 Å². The van der Waals surface area contributed by atoms with E-state index in [1.807, 2.05) is 26.0 Å². The standard InChI is InChI=1S/C45H56F3N5O9S/c1-7-28-19-27(2)11-8-9-12-29-24-44(29,41(57)51-63(58,59)43(5)15-16-43)25-36(54)35-21-31(26-52(35)40(56)33(28)22-39(55)62-42(3,4)45(46,47)48)61-37-23-38(53-18-10-17-49-53)50-34-20-30(60-6)13-14-32(34)37/h9-10,12-14,17-18,20,23,27-29,31,33,35H,7-8,11,15-16,19,21-22,24-26H2,1-6H3,(H,51,57)/b12-9-/t27-,28-,29-,31-,33+,35+,44-/m1/s1. The number of hydrogen-bond donors (Lipinski definition) is 1. The Morgan fingerprint density at radius 2 is 1.84 bits per heavy atom. The van der Waals surface area contributed by atoms with E-state index in [4.69, 9.17) is 19.2 Å². The Morgan fingerprint density at radius 1 is 1.10 bits per heavy atom. The molecule has 18 heteroatoms. The average molecular weight is 900 g/mol. The Bertz CT molecular complexity index is 2380. The fraction of sp³-hybridized carbons (Fsp3) is 0.600. The molecule has 4 heterocycles. The molecule has 2 aromatic heterocycles. The fourth-order valence-electron chi connectivity index (χ4n) is 8.99. The first-order chi connectivity index (χ1) is 29.6. The van der Waals surface area contributed by atoms with Crippen LogP contribution in [0.15, 0.2) is 54.9 Å². The first kappa shape index (κ1) is 46.0. The second-order valence-corrected chi connectivity index (χ2v) is 20.8. The molecular weight excluding hydrogens is 844 g/mol. The van der Waals surface area contributed by atoms with Gasteiger partial charge < -0.3 is 19.1 Å². The lowest BCUT2D eigenvalue weighted by atomic mass is 9.79. The molecule has 7 rings (SSSR count). The zero-order chi connectivity index (χ0) is 45.7. The summed E-state index contributed by atoms with van der Waals surface area (Å²) in [6.07, 6.45) is 3.40. The molecule has 1 aromatic carbocycles. The number of ketones is 1. The van der Waals surface area contributed by atoms with Crippen molar-refractivity contribution >= 4 is 44.5 Å². The minimum absolute atomic E-state index is 0.00835. The van der Waals surface area contributed by atoms with Crippen molar-refractivity contribution in [2.45, 2.75) is 127 Å². The highest BCUT2D eigenvalue weighted by Gasteiger charge is 2.63. The first-order valence-electron chi connectivity index (χ1n) is 21.6. The Hall–Kier alpha value is -5.00. The van der Waals surface area contributed by atoms with E-state index in [1.165, 1.54) is 12.0 Å². The number of pyridine rings is 1. The maximum Gasteiger partial charge on any atom is 0.427 e. The molecule has 1 N–H and O–H groups in total. The van der Waals surface area contributed by atoms with Crippen molar-refractivity contribution in [1.82, 2.24) is 24.4 Å². The number of hydrogen-bond acceptors (Lipinski definition) is 11. The van der Waals surface area contributed by atoms with Crippen LogP contribution in [0.1, 0.15) is 98.8 Å². The topological polar surface area (TPSA) is 176 Å². The fourth-order valence-corrected chi connectivity index (χ4v) is 10.3. The van der Waals surface area contributed by atoms with Crippen molar-refractivity contribution in [3.63, 3.8) is 0 Å². The van der Waals surface area contributed by atoms with Gasteiger partial charge in [-0.05, 0) is 95.2 Å². The van der Waals surface area contributed by atoms with E-state index in [1.54, 1.807) is 54.3 Å². The normalized spacial score (nSPS) is 28.2. The Kier molecular flexibility index (Phi) is 12.5. The number of halogens is 3. The Balaban J connectivity index is 1.27. The number of alkyl halides is 3. The van der Waals surface area contributed by atoms with Crippen molar-refractivity contribution in [2.75, 3.05) is 13.7 Å². The number of amides is 2. The molecule has 7 atom stereocenters. The van der Waals surface area contributed by atoms with E-state index >= 15 is 4.79 Å². The van der Waals surface area contributed by atoms with Crippen LogP contribution in [0.4, 0.5) is 13.2 Å². The number of Topliss-reactive ketones (excluding diaryl/α,β-unsaturated/α-hetero) is 1. The number of methoxy groups -OCH3 is 1. The number of esters is 1. The summed E-state index contributed by atoms with van der Waals surface area (Å²) in [4.78, 5) is 63.7. The van der Waals surface area contributed by atoms with Crippen LogP contribution in [0.25, 0.3) is 16.7 Å². The molecule has 342 valence electrons. The molecule has 3 fully saturated rings. The van der Waals surface area contributed by atoms with Crippen LogP contribution < -0.4 is 14.2 Å². The molecule has 0 radical (unpaired) electrons. The summed E-state index contributed by atoms with van der Waals surface area (Å²) in [6, 6.07) is 7.45. The van der Waals surface area contributed by atoms with Crippen molar-refractivity contribution in [3.8, 4) is 17.3 Å². The number of ether oxygens (including phenoxy) is 3. The summed E-state index contributed by atoms with van der Waals surface area (Å²) < 4.78 is 88.3. The van der Waals surface area contributed by atoms with Gasteiger partial charge in [0.25, 0.3) is 0 Å². The highest BCUT2D eigenvalue weighted by atomic mass is 32.2. The van der Waals surface area contributed by atoms with Crippen LogP contribution in [-0.4, -0.2) is 94.0 Å². The summed E-state index contributed by atoms with van der Waals surface area (Å²) in [6.45, 7) is 6.76. The number of sulfonamides is 1. The predicted molar refractivity (Wildman–Crippen MR) is 225 cm³/mol. The van der Waals surface area contributed by atoms with Crippen molar-refractivity contribution in [2.24, 2.45) is 29.1 Å². The Labute approximate surface area is 365 Å². The molecule has 2 aliphatic heterocycles. The lowest BCUT2D eigenvalue weighted by Gasteiger charge is -2.34. The van der Waals surface area contributed by atoms with Gasteiger partial charge in [-0.2, -0.15) is 18.3 Å². The third-order valence-electron chi connectivity index (χ3n) is 13.6. The minimum Gasteiger partial charge on any atom is -0.497 e. The molecule has 2 aliphatic carbocycles. The van der Waals surface area contributed by atoms with Crippen molar-refractivity contribution < 1.29 is 55.0 Å². The zero-order valence-corrected chi connectivity index (χ0v) is 37.3. The lowest BCUT2D eigenvalue weighted by Crippen LogP contribution is -2.49.